The summed E-state index contributed by atoms with van der Waals surface area (Å²) < 4.78 is 4.04. The number of aromatic nitrogens is 4. The number of para-hydroxylation sites is 1. The molecule has 0 aliphatic heterocycles. The van der Waals surface area contributed by atoms with Crippen molar-refractivity contribution in [2.24, 2.45) is 7.05 Å². The molecule has 5 rings (SSSR count). The molecule has 4 nitrogen and oxygen atoms in total. The summed E-state index contributed by atoms with van der Waals surface area (Å²) in [6.07, 6.45) is 7.49. The maximum absolute atomic E-state index is 4.39. The van der Waals surface area contributed by atoms with Crippen LogP contribution >= 0.6 is 0 Å². The number of rotatable bonds is 3. The van der Waals surface area contributed by atoms with E-state index in [2.05, 4.69) is 38.8 Å². The van der Waals surface area contributed by atoms with Gasteiger partial charge in [0.25, 0.3) is 0 Å². The van der Waals surface area contributed by atoms with Gasteiger partial charge in [-0.15, -0.1) is 71.8 Å². The van der Waals surface area contributed by atoms with Crippen LogP contribution in [0, 0.1) is 12.1 Å². The SMILES string of the molecule is Cn1ccnc1-c1[c-]cccc1.[Ir].[Ir].[c-]1ccccc1-c1nccn1-c1ccccc1. The third-order valence-electron chi connectivity index (χ3n) is 4.40. The minimum Gasteiger partial charge on any atom is -0.373 e. The summed E-state index contributed by atoms with van der Waals surface area (Å²) in [5.74, 6) is 1.87. The minimum atomic E-state index is 0. The first-order valence-electron chi connectivity index (χ1n) is 9.33. The van der Waals surface area contributed by atoms with E-state index in [4.69, 9.17) is 0 Å². The minimum absolute atomic E-state index is 0. The fourth-order valence-electron chi connectivity index (χ4n) is 2.99. The molecule has 3 aromatic carbocycles. The van der Waals surface area contributed by atoms with Crippen molar-refractivity contribution in [2.45, 2.75) is 0 Å². The van der Waals surface area contributed by atoms with E-state index in [1.54, 1.807) is 6.20 Å². The third kappa shape index (κ3) is 6.19. The molecule has 0 amide bonds. The molecule has 2 radical (unpaired) electrons. The van der Waals surface area contributed by atoms with Crippen LogP contribution in [0.2, 0.25) is 0 Å². The molecule has 0 fully saturated rings. The fraction of sp³-hybridized carbons (Fsp3) is 0.0400. The molecule has 0 aliphatic carbocycles. The van der Waals surface area contributed by atoms with E-state index in [0.717, 1.165) is 28.5 Å². The third-order valence-corrected chi connectivity index (χ3v) is 4.40. The molecule has 0 spiro atoms. The van der Waals surface area contributed by atoms with E-state index >= 15 is 0 Å². The van der Waals surface area contributed by atoms with E-state index in [0.29, 0.717) is 0 Å². The monoisotopic (exact) mass is 762 g/mol. The van der Waals surface area contributed by atoms with Crippen molar-refractivity contribution in [3.05, 3.63) is 116 Å². The van der Waals surface area contributed by atoms with E-state index in [1.807, 2.05) is 96.9 Å². The van der Waals surface area contributed by atoms with Crippen molar-refractivity contribution in [2.75, 3.05) is 0 Å². The number of imidazole rings is 2. The first-order chi connectivity index (χ1) is 14.3. The van der Waals surface area contributed by atoms with Crippen LogP contribution in [0.15, 0.2) is 104 Å². The molecule has 6 heteroatoms. The van der Waals surface area contributed by atoms with E-state index in [-0.39, 0.29) is 40.2 Å². The fourth-order valence-corrected chi connectivity index (χ4v) is 2.99. The van der Waals surface area contributed by atoms with Gasteiger partial charge < -0.3 is 9.13 Å². The van der Waals surface area contributed by atoms with Crippen LogP contribution in [0.1, 0.15) is 0 Å². The molecule has 0 bridgehead atoms. The second kappa shape index (κ2) is 12.3. The Hall–Kier alpha value is -2.62. The van der Waals surface area contributed by atoms with Gasteiger partial charge in [-0.2, -0.15) is 0 Å². The molecule has 5 aromatic rings. The van der Waals surface area contributed by atoms with Gasteiger partial charge in [-0.1, -0.05) is 18.2 Å². The summed E-state index contributed by atoms with van der Waals surface area (Å²) in [5, 5.41) is 0. The maximum Gasteiger partial charge on any atom is 0.0602 e. The van der Waals surface area contributed by atoms with Gasteiger partial charge in [0.1, 0.15) is 0 Å². The van der Waals surface area contributed by atoms with E-state index in [1.165, 1.54) is 0 Å². The Morgan fingerprint density at radius 2 is 1.19 bits per heavy atom. The van der Waals surface area contributed by atoms with Gasteiger partial charge >= 0.3 is 0 Å². The molecular weight excluding hydrogens is 741 g/mol. The van der Waals surface area contributed by atoms with Gasteiger partial charge in [0.2, 0.25) is 0 Å². The molecule has 0 atom stereocenters. The van der Waals surface area contributed by atoms with Crippen LogP contribution in [-0.2, 0) is 47.3 Å². The van der Waals surface area contributed by atoms with Crippen molar-refractivity contribution in [1.82, 2.24) is 19.1 Å². The Bertz CT molecular complexity index is 1100. The maximum atomic E-state index is 4.39. The molecule has 2 aromatic heterocycles. The van der Waals surface area contributed by atoms with Crippen molar-refractivity contribution >= 4 is 0 Å². The zero-order valence-electron chi connectivity index (χ0n) is 16.8. The summed E-state index contributed by atoms with van der Waals surface area (Å²) in [7, 11) is 1.98. The smallest absolute Gasteiger partial charge is 0.0602 e. The summed E-state index contributed by atoms with van der Waals surface area (Å²) in [4.78, 5) is 8.61. The van der Waals surface area contributed by atoms with Gasteiger partial charge in [0, 0.05) is 77.7 Å². The van der Waals surface area contributed by atoms with Crippen LogP contribution in [-0.4, -0.2) is 19.1 Å². The van der Waals surface area contributed by atoms with Gasteiger partial charge in [-0.25, -0.2) is 0 Å². The van der Waals surface area contributed by atoms with Gasteiger partial charge in [0.05, 0.1) is 11.6 Å². The molecule has 160 valence electrons. The van der Waals surface area contributed by atoms with Crippen molar-refractivity contribution < 1.29 is 40.2 Å². The predicted molar refractivity (Wildman–Crippen MR) is 115 cm³/mol. The quantitative estimate of drug-likeness (QED) is 0.237. The first kappa shape index (κ1) is 24.6. The van der Waals surface area contributed by atoms with Crippen LogP contribution in [0.5, 0.6) is 0 Å². The van der Waals surface area contributed by atoms with Crippen LogP contribution in [0.4, 0.5) is 0 Å². The van der Waals surface area contributed by atoms with Crippen LogP contribution in [0.25, 0.3) is 28.5 Å². The summed E-state index contributed by atoms with van der Waals surface area (Å²) in [6, 6.07) is 32.2. The standard InChI is InChI=1S/C15H11N2.C10H9N2.2Ir/c1-3-7-13(8-4-1)15-16-11-12-17(15)14-9-5-2-6-10-14;1-12-8-7-11-10(12)9-5-3-2-4-6-9;;/h1-7,9-12H;2-5,7-8H,1H3;;/q2*-1;;. The van der Waals surface area contributed by atoms with Gasteiger partial charge in [-0.3, -0.25) is 9.97 Å². The van der Waals surface area contributed by atoms with E-state index in [9.17, 15) is 0 Å². The number of benzene rings is 3. The summed E-state index contributed by atoms with van der Waals surface area (Å²) >= 11 is 0. The average Bonchev–Trinajstić information content (AvgIpc) is 3.45. The number of hydrogen-bond acceptors (Lipinski definition) is 2. The number of aryl methyl sites for hydroxylation is 1. The van der Waals surface area contributed by atoms with Crippen molar-refractivity contribution in [1.29, 1.82) is 0 Å². The molecule has 0 saturated heterocycles. The van der Waals surface area contributed by atoms with Crippen LogP contribution < -0.4 is 0 Å². The second-order valence-electron chi connectivity index (χ2n) is 6.37. The van der Waals surface area contributed by atoms with Gasteiger partial charge in [-0.05, 0) is 12.1 Å². The average molecular weight is 761 g/mol. The van der Waals surface area contributed by atoms with E-state index < -0.39 is 0 Å². The Kier molecular flexibility index (Phi) is 9.77. The molecule has 0 aliphatic rings. The molecule has 31 heavy (non-hydrogen) atoms. The molecular formula is C25H20Ir2N4-2. The first-order valence-corrected chi connectivity index (χ1v) is 9.33. The van der Waals surface area contributed by atoms with Gasteiger partial charge in [0.15, 0.2) is 0 Å². The number of hydrogen-bond donors (Lipinski definition) is 0. The molecule has 0 N–H and O–H groups in total. The second-order valence-corrected chi connectivity index (χ2v) is 6.37. The molecule has 0 saturated carbocycles. The Balaban J connectivity index is 0.000000218. The Morgan fingerprint density at radius 3 is 1.74 bits per heavy atom. The largest absolute Gasteiger partial charge is 0.373 e. The Labute approximate surface area is 209 Å². The topological polar surface area (TPSA) is 35.6 Å². The summed E-state index contributed by atoms with van der Waals surface area (Å²) in [5.41, 5.74) is 3.14. The van der Waals surface area contributed by atoms with Crippen LogP contribution in [0.3, 0.4) is 0 Å². The number of nitrogens with zero attached hydrogens (tertiary/aromatic N) is 4. The molecule has 2 heterocycles. The normalized spacial score (nSPS) is 9.58. The predicted octanol–water partition coefficient (Wildman–Crippen LogP) is 5.22. The Morgan fingerprint density at radius 1 is 0.645 bits per heavy atom. The zero-order chi connectivity index (χ0) is 19.9. The molecule has 0 unspecified atom stereocenters. The zero-order valence-corrected chi connectivity index (χ0v) is 21.6. The van der Waals surface area contributed by atoms with Crippen molar-refractivity contribution in [3.63, 3.8) is 0 Å². The summed E-state index contributed by atoms with van der Waals surface area (Å²) in [6.45, 7) is 0. The van der Waals surface area contributed by atoms with Crippen molar-refractivity contribution in [3.8, 4) is 28.5 Å².